The summed E-state index contributed by atoms with van der Waals surface area (Å²) in [6.45, 7) is 20.2. The highest BCUT2D eigenvalue weighted by atomic mass is 16.7. The van der Waals surface area contributed by atoms with E-state index in [-0.39, 0.29) is 61.6 Å². The summed E-state index contributed by atoms with van der Waals surface area (Å²) in [5.41, 5.74) is 0.787. The molecule has 382 valence electrons. The number of carbonyl (C=O) groups is 3. The Bertz CT molecular complexity index is 2740. The Morgan fingerprint density at radius 3 is 2.28 bits per heavy atom. The van der Waals surface area contributed by atoms with Gasteiger partial charge in [-0.15, -0.1) is 0 Å². The van der Waals surface area contributed by atoms with Gasteiger partial charge in [-0.25, -0.2) is 4.79 Å². The Kier molecular flexibility index (Phi) is 15.0. The van der Waals surface area contributed by atoms with Crippen LogP contribution in [0.15, 0.2) is 70.7 Å². The van der Waals surface area contributed by atoms with Crippen molar-refractivity contribution in [2.75, 3.05) is 45.2 Å². The third kappa shape index (κ3) is 10.2. The second-order valence-corrected chi connectivity index (χ2v) is 21.3. The standard InChI is InChI=1S/C55H72N6O10/c1-30(2)29-60-25-19-55(20-26-60)58-43-40-41-47(63)36(8)50-42(40)51(65)54(9,71-50)69-27-18-39(68-10)34(6)49(70-53(67)61-23-16-38(17-24-61)37-14-21-56-22-15-37)35(7)46(62)33(5)28-31(3)12-11-13-32(4)52(66)57-45(48(41)64)44(43)59-55/h11-15,18,21-22,27,30-31,33-35,38-39,46,49,62-64H,16-17,19-20,23-26,28-29H2,1-10H3,(H,57,66)/b12-11+,27-18+,32-13-/t31?,33-,34-,35-,39+,46?,49?,54?/m1/s1. The highest BCUT2D eigenvalue weighted by molar-refractivity contribution is 6.19. The number of aromatic hydroxyl groups is 2. The van der Waals surface area contributed by atoms with E-state index in [9.17, 15) is 29.7 Å². The van der Waals surface area contributed by atoms with Gasteiger partial charge in [0.1, 0.15) is 28.6 Å². The van der Waals surface area contributed by atoms with Gasteiger partial charge in [-0.3, -0.25) is 24.6 Å². The number of aliphatic hydroxyl groups is 1. The van der Waals surface area contributed by atoms with Gasteiger partial charge in [-0.2, -0.15) is 0 Å². The number of ketones is 1. The van der Waals surface area contributed by atoms with Crippen LogP contribution in [0.4, 0.5) is 10.5 Å². The van der Waals surface area contributed by atoms with Crippen LogP contribution >= 0.6 is 0 Å². The number of hydrogen-bond acceptors (Lipinski definition) is 14. The van der Waals surface area contributed by atoms with Crippen LogP contribution in [0.1, 0.15) is 115 Å². The van der Waals surface area contributed by atoms with Crippen molar-refractivity contribution < 1.29 is 48.7 Å². The maximum atomic E-state index is 15.0. The lowest BCUT2D eigenvalue weighted by molar-refractivity contribution is -0.112. The number of phenols is 2. The first-order chi connectivity index (χ1) is 33.8. The van der Waals surface area contributed by atoms with Crippen LogP contribution < -0.4 is 20.8 Å². The number of piperidine rings is 2. The number of rotatable bonds is 5. The smallest absolute Gasteiger partial charge is 0.410 e. The number of nitrogens with zero attached hydrogens (tertiary/aromatic N) is 5. The van der Waals surface area contributed by atoms with E-state index in [1.807, 2.05) is 45.9 Å². The number of aromatic nitrogens is 1. The Hall–Kier alpha value is -5.84. The van der Waals surface area contributed by atoms with Crippen molar-refractivity contribution in [1.82, 2.24) is 14.8 Å². The second kappa shape index (κ2) is 20.7. The van der Waals surface area contributed by atoms with Crippen molar-refractivity contribution in [1.29, 1.82) is 0 Å². The van der Waals surface area contributed by atoms with Crippen LogP contribution in [-0.2, 0) is 19.0 Å². The number of methoxy groups -OCH3 is 1. The summed E-state index contributed by atoms with van der Waals surface area (Å²) in [5, 5.41) is 39.7. The largest absolute Gasteiger partial charge is 0.507 e. The zero-order chi connectivity index (χ0) is 51.1. The number of fused-ring (bicyclic) bond motifs is 13. The molecule has 3 aromatic rings. The molecule has 4 N–H and O–H groups in total. The molecule has 2 amide bonds. The van der Waals surface area contributed by atoms with E-state index in [4.69, 9.17) is 28.9 Å². The highest BCUT2D eigenvalue weighted by Crippen LogP contribution is 2.50. The minimum atomic E-state index is -1.95. The number of anilines is 1. The summed E-state index contributed by atoms with van der Waals surface area (Å²) in [6, 6.07) is 4.03. The average molecular weight is 977 g/mol. The number of benzene rings is 2. The summed E-state index contributed by atoms with van der Waals surface area (Å²) in [5.74, 6) is -4.37. The highest BCUT2D eigenvalue weighted by Gasteiger charge is 2.50. The summed E-state index contributed by atoms with van der Waals surface area (Å²) in [6.07, 6.45) is 12.3. The molecule has 71 heavy (non-hydrogen) atoms. The first kappa shape index (κ1) is 51.5. The number of hydrogen-bond donors (Lipinski definition) is 4. The lowest BCUT2D eigenvalue weighted by Crippen LogP contribution is -2.47. The molecule has 7 heterocycles. The molecule has 2 saturated heterocycles. The third-order valence-corrected chi connectivity index (χ3v) is 15.5. The molecule has 0 radical (unpaired) electrons. The van der Waals surface area contributed by atoms with Crippen LogP contribution in [0.5, 0.6) is 17.2 Å². The number of amides is 2. The van der Waals surface area contributed by atoms with E-state index in [1.54, 1.807) is 49.4 Å². The number of carbonyl (C=O) groups excluding carboxylic acids is 3. The van der Waals surface area contributed by atoms with Crippen molar-refractivity contribution >= 4 is 34.2 Å². The predicted molar refractivity (Wildman–Crippen MR) is 269 cm³/mol. The molecule has 2 aromatic carbocycles. The lowest BCUT2D eigenvalue weighted by Gasteiger charge is -2.39. The fourth-order valence-electron chi connectivity index (χ4n) is 11.3. The van der Waals surface area contributed by atoms with E-state index in [2.05, 4.69) is 29.0 Å². The first-order valence-electron chi connectivity index (χ1n) is 25.3. The van der Waals surface area contributed by atoms with Gasteiger partial charge in [0.05, 0.1) is 34.8 Å². The molecule has 9 rings (SSSR count). The van der Waals surface area contributed by atoms with Gasteiger partial charge in [0, 0.05) is 100 Å². The van der Waals surface area contributed by atoms with Crippen molar-refractivity contribution in [3.63, 3.8) is 0 Å². The topological polar surface area (TPSA) is 205 Å². The fourth-order valence-corrected chi connectivity index (χ4v) is 11.3. The quantitative estimate of drug-likeness (QED) is 0.182. The maximum absolute atomic E-state index is 15.0. The van der Waals surface area contributed by atoms with Gasteiger partial charge in [-0.1, -0.05) is 59.8 Å². The number of allylic oxidation sites excluding steroid dienone is 3. The second-order valence-electron chi connectivity index (χ2n) is 21.3. The van der Waals surface area contributed by atoms with E-state index in [0.717, 1.165) is 19.4 Å². The van der Waals surface area contributed by atoms with E-state index in [1.165, 1.54) is 25.9 Å². The molecule has 1 spiro atoms. The van der Waals surface area contributed by atoms with Gasteiger partial charge in [0.2, 0.25) is 0 Å². The average Bonchev–Trinajstić information content (AvgIpc) is 3.85. The minimum Gasteiger partial charge on any atom is -0.507 e. The number of phenolic OH excluding ortho intramolecular Hbond substituents is 2. The van der Waals surface area contributed by atoms with Gasteiger partial charge >= 0.3 is 11.9 Å². The van der Waals surface area contributed by atoms with Crippen LogP contribution in [-0.4, -0.2) is 117 Å². The molecule has 0 saturated carbocycles. The SMILES string of the molecule is CO[C@H]1/C=C/OC2(C)Oc3c(C)c(O)c4c(O)c(c5c(c4c3C2=O)=NC2(CCN(CC(C)C)CC2)N=5)NC(=O)/C(C)=C\C=C\C(C)C[C@@H](C)C(O)[C@@H](C)C(OC(=O)N2CCC(c3ccncc3)CC2)[C@@H]1C. The summed E-state index contributed by atoms with van der Waals surface area (Å²) in [7, 11) is 1.53. The van der Waals surface area contributed by atoms with Gasteiger partial charge in [0.15, 0.2) is 11.4 Å². The molecule has 1 aromatic heterocycles. The Morgan fingerprint density at radius 2 is 1.62 bits per heavy atom. The van der Waals surface area contributed by atoms with Crippen LogP contribution in [0.25, 0.3) is 10.8 Å². The molecular weight excluding hydrogens is 905 g/mol. The number of Topliss-reactive ketones (excluding diaryl/α,β-unsaturated/α-hetero) is 1. The zero-order valence-electron chi connectivity index (χ0n) is 42.9. The number of aliphatic hydroxyl groups excluding tert-OH is 1. The fraction of sp³-hybridized carbons (Fsp3) is 0.564. The summed E-state index contributed by atoms with van der Waals surface area (Å²) < 4.78 is 25.1. The van der Waals surface area contributed by atoms with Crippen molar-refractivity contribution in [3.8, 4) is 17.2 Å². The van der Waals surface area contributed by atoms with E-state index >= 15 is 0 Å². The van der Waals surface area contributed by atoms with Crippen molar-refractivity contribution in [3.05, 3.63) is 88.1 Å². The maximum Gasteiger partial charge on any atom is 0.410 e. The van der Waals surface area contributed by atoms with Gasteiger partial charge in [-0.05, 0) is 80.6 Å². The Morgan fingerprint density at radius 1 is 0.944 bits per heavy atom. The Balaban J connectivity index is 1.18. The van der Waals surface area contributed by atoms with Crippen molar-refractivity contribution in [2.45, 2.75) is 130 Å². The Labute approximate surface area is 416 Å². The van der Waals surface area contributed by atoms with Gasteiger partial charge in [0.25, 0.3) is 11.7 Å². The number of ether oxygens (including phenoxy) is 4. The molecule has 16 heteroatoms. The van der Waals surface area contributed by atoms with E-state index < -0.39 is 65.1 Å². The molecular formula is C55H72N6O10. The van der Waals surface area contributed by atoms with E-state index in [0.29, 0.717) is 62.9 Å². The molecule has 6 aliphatic rings. The predicted octanol–water partition coefficient (Wildman–Crippen LogP) is 7.63. The van der Waals surface area contributed by atoms with Crippen molar-refractivity contribution in [2.24, 2.45) is 39.6 Å². The van der Waals surface area contributed by atoms with Crippen LogP contribution in [0.3, 0.4) is 0 Å². The number of likely N-dealkylation sites (tertiary alicyclic amines) is 2. The molecule has 2 fully saturated rings. The molecule has 16 nitrogen and oxygen atoms in total. The summed E-state index contributed by atoms with van der Waals surface area (Å²) >= 11 is 0. The lowest BCUT2D eigenvalue weighted by atomic mass is 9.79. The number of pyridine rings is 1. The molecule has 8 atom stereocenters. The number of nitrogens with one attached hydrogen (secondary N) is 1. The zero-order valence-corrected chi connectivity index (χ0v) is 42.9. The molecule has 6 aliphatic heterocycles. The van der Waals surface area contributed by atoms with Crippen LogP contribution in [0.2, 0.25) is 0 Å². The van der Waals surface area contributed by atoms with Gasteiger partial charge < -0.3 is 49.4 Å². The molecule has 4 unspecified atom stereocenters. The monoisotopic (exact) mass is 977 g/mol. The molecule has 0 aliphatic carbocycles. The van der Waals surface area contributed by atoms with Crippen LogP contribution in [0, 0.1) is 36.5 Å². The first-order valence-corrected chi connectivity index (χ1v) is 25.3. The molecule has 5 bridgehead atoms. The minimum absolute atomic E-state index is 0.0172. The normalized spacial score (nSPS) is 30.2. The third-order valence-electron chi connectivity index (χ3n) is 15.5. The summed E-state index contributed by atoms with van der Waals surface area (Å²) in [4.78, 5) is 61.8.